The van der Waals surface area contributed by atoms with Gasteiger partial charge in [-0.1, -0.05) is 0 Å². The Labute approximate surface area is 80.6 Å². The van der Waals surface area contributed by atoms with Crippen LogP contribution < -0.4 is 10.5 Å². The van der Waals surface area contributed by atoms with E-state index in [1.54, 1.807) is 6.07 Å². The van der Waals surface area contributed by atoms with Crippen LogP contribution in [-0.4, -0.2) is 11.5 Å². The van der Waals surface area contributed by atoms with Gasteiger partial charge in [-0.15, -0.1) is 0 Å². The first-order valence-corrected chi connectivity index (χ1v) is 4.35. The third-order valence-electron chi connectivity index (χ3n) is 2.29. The van der Waals surface area contributed by atoms with Gasteiger partial charge in [0.2, 0.25) is 0 Å². The molecule has 1 unspecified atom stereocenters. The standard InChI is InChI=1S/C9H10N2O3/c10-8-3-4-14-9-5-6(11(12)13)1-2-7(8)9/h1-2,5,8H,3-4,10H2. The van der Waals surface area contributed by atoms with Gasteiger partial charge in [-0.05, 0) is 6.07 Å². The van der Waals surface area contributed by atoms with E-state index in [-0.39, 0.29) is 11.7 Å². The fourth-order valence-corrected chi connectivity index (χ4v) is 1.52. The first kappa shape index (κ1) is 8.96. The van der Waals surface area contributed by atoms with Crippen molar-refractivity contribution in [3.63, 3.8) is 0 Å². The Hall–Kier alpha value is -1.62. The highest BCUT2D eigenvalue weighted by molar-refractivity contribution is 5.46. The van der Waals surface area contributed by atoms with Crippen LogP contribution in [0.4, 0.5) is 5.69 Å². The van der Waals surface area contributed by atoms with Crippen LogP contribution in [-0.2, 0) is 0 Å². The lowest BCUT2D eigenvalue weighted by molar-refractivity contribution is -0.385. The highest BCUT2D eigenvalue weighted by Crippen LogP contribution is 2.33. The van der Waals surface area contributed by atoms with Crippen molar-refractivity contribution in [3.05, 3.63) is 33.9 Å². The van der Waals surface area contributed by atoms with Gasteiger partial charge in [0, 0.05) is 24.1 Å². The zero-order valence-electron chi connectivity index (χ0n) is 7.47. The third kappa shape index (κ3) is 1.42. The molecule has 1 heterocycles. The zero-order chi connectivity index (χ0) is 10.1. The summed E-state index contributed by atoms with van der Waals surface area (Å²) in [4.78, 5) is 10.0. The number of hydrogen-bond acceptors (Lipinski definition) is 4. The maximum absolute atomic E-state index is 10.5. The summed E-state index contributed by atoms with van der Waals surface area (Å²) in [6.07, 6.45) is 0.755. The van der Waals surface area contributed by atoms with E-state index in [2.05, 4.69) is 0 Å². The van der Waals surface area contributed by atoms with Crippen molar-refractivity contribution in [2.24, 2.45) is 5.73 Å². The number of nitro benzene ring substituents is 1. The molecule has 0 radical (unpaired) electrons. The average molecular weight is 194 g/mol. The Bertz CT molecular complexity index is 378. The van der Waals surface area contributed by atoms with Gasteiger partial charge in [0.05, 0.1) is 17.6 Å². The largest absolute Gasteiger partial charge is 0.493 e. The summed E-state index contributed by atoms with van der Waals surface area (Å²) in [6.45, 7) is 0.523. The number of nitro groups is 1. The molecule has 2 rings (SSSR count). The molecule has 2 N–H and O–H groups in total. The van der Waals surface area contributed by atoms with Crippen molar-refractivity contribution in [2.75, 3.05) is 6.61 Å². The number of rotatable bonds is 1. The number of fused-ring (bicyclic) bond motifs is 1. The van der Waals surface area contributed by atoms with Gasteiger partial charge in [-0.2, -0.15) is 0 Å². The van der Waals surface area contributed by atoms with Gasteiger partial charge in [-0.3, -0.25) is 10.1 Å². The quantitative estimate of drug-likeness (QED) is 0.541. The fourth-order valence-electron chi connectivity index (χ4n) is 1.52. The van der Waals surface area contributed by atoms with Crippen molar-refractivity contribution in [1.82, 2.24) is 0 Å². The van der Waals surface area contributed by atoms with Gasteiger partial charge in [0.15, 0.2) is 0 Å². The average Bonchev–Trinajstić information content (AvgIpc) is 2.17. The molecule has 1 aromatic carbocycles. The van der Waals surface area contributed by atoms with Crippen LogP contribution in [0.5, 0.6) is 5.75 Å². The maximum atomic E-state index is 10.5. The van der Waals surface area contributed by atoms with E-state index in [0.29, 0.717) is 12.4 Å². The van der Waals surface area contributed by atoms with Crippen molar-refractivity contribution in [1.29, 1.82) is 0 Å². The number of benzene rings is 1. The molecule has 0 spiro atoms. The molecule has 74 valence electrons. The van der Waals surface area contributed by atoms with E-state index in [9.17, 15) is 10.1 Å². The maximum Gasteiger partial charge on any atom is 0.273 e. The summed E-state index contributed by atoms with van der Waals surface area (Å²) < 4.78 is 5.30. The zero-order valence-corrected chi connectivity index (χ0v) is 7.47. The Morgan fingerprint density at radius 1 is 1.57 bits per heavy atom. The minimum atomic E-state index is -0.441. The number of nitrogens with two attached hydrogens (primary N) is 1. The van der Waals surface area contributed by atoms with E-state index >= 15 is 0 Å². The van der Waals surface area contributed by atoms with E-state index in [4.69, 9.17) is 10.5 Å². The summed E-state index contributed by atoms with van der Waals surface area (Å²) in [5.74, 6) is 0.540. The van der Waals surface area contributed by atoms with Crippen molar-refractivity contribution in [2.45, 2.75) is 12.5 Å². The van der Waals surface area contributed by atoms with E-state index in [0.717, 1.165) is 12.0 Å². The molecule has 0 amide bonds. The first-order valence-electron chi connectivity index (χ1n) is 4.35. The van der Waals surface area contributed by atoms with Crippen molar-refractivity contribution >= 4 is 5.69 Å². The van der Waals surface area contributed by atoms with E-state index in [1.165, 1.54) is 12.1 Å². The van der Waals surface area contributed by atoms with Crippen LogP contribution in [0.25, 0.3) is 0 Å². The fraction of sp³-hybridized carbons (Fsp3) is 0.333. The summed E-state index contributed by atoms with van der Waals surface area (Å²) in [7, 11) is 0. The molecule has 1 aromatic rings. The number of hydrogen-bond donors (Lipinski definition) is 1. The van der Waals surface area contributed by atoms with Crippen LogP contribution in [0.2, 0.25) is 0 Å². The van der Waals surface area contributed by atoms with E-state index in [1.807, 2.05) is 0 Å². The van der Waals surface area contributed by atoms with Crippen molar-refractivity contribution < 1.29 is 9.66 Å². The highest BCUT2D eigenvalue weighted by Gasteiger charge is 2.20. The molecule has 0 saturated heterocycles. The minimum Gasteiger partial charge on any atom is -0.493 e. The molecule has 1 atom stereocenters. The van der Waals surface area contributed by atoms with Crippen LogP contribution in [0.15, 0.2) is 18.2 Å². The second-order valence-electron chi connectivity index (χ2n) is 3.22. The molecule has 0 aromatic heterocycles. The van der Waals surface area contributed by atoms with Gasteiger partial charge in [0.1, 0.15) is 5.75 Å². The lowest BCUT2D eigenvalue weighted by Gasteiger charge is -2.22. The smallest absolute Gasteiger partial charge is 0.273 e. The topological polar surface area (TPSA) is 78.4 Å². The van der Waals surface area contributed by atoms with Gasteiger partial charge in [-0.25, -0.2) is 0 Å². The molecule has 0 aliphatic carbocycles. The molecule has 1 aliphatic rings. The predicted octanol–water partition coefficient (Wildman–Crippen LogP) is 1.38. The highest BCUT2D eigenvalue weighted by atomic mass is 16.6. The second-order valence-corrected chi connectivity index (χ2v) is 3.22. The first-order chi connectivity index (χ1) is 6.68. The van der Waals surface area contributed by atoms with Crippen LogP contribution in [0.1, 0.15) is 18.0 Å². The summed E-state index contributed by atoms with van der Waals surface area (Å²) in [5, 5.41) is 10.5. The Morgan fingerprint density at radius 3 is 3.07 bits per heavy atom. The lowest BCUT2D eigenvalue weighted by Crippen LogP contribution is -2.20. The van der Waals surface area contributed by atoms with Crippen molar-refractivity contribution in [3.8, 4) is 5.75 Å². The Kier molecular flexibility index (Phi) is 2.09. The van der Waals surface area contributed by atoms with E-state index < -0.39 is 4.92 Å². The predicted molar refractivity (Wildman–Crippen MR) is 50.1 cm³/mol. The van der Waals surface area contributed by atoms with Crippen LogP contribution in [0, 0.1) is 10.1 Å². The Morgan fingerprint density at radius 2 is 2.36 bits per heavy atom. The molecule has 5 heteroatoms. The Balaban J connectivity index is 2.44. The number of ether oxygens (including phenoxy) is 1. The second kappa shape index (κ2) is 3.26. The molecule has 0 fully saturated rings. The minimum absolute atomic E-state index is 0.0397. The van der Waals surface area contributed by atoms with Crippen LogP contribution in [0.3, 0.4) is 0 Å². The molecule has 0 bridgehead atoms. The molecular weight excluding hydrogens is 184 g/mol. The molecule has 0 saturated carbocycles. The lowest BCUT2D eigenvalue weighted by atomic mass is 10.0. The van der Waals surface area contributed by atoms with Gasteiger partial charge in [0.25, 0.3) is 5.69 Å². The molecule has 1 aliphatic heterocycles. The normalized spacial score (nSPS) is 19.6. The summed E-state index contributed by atoms with van der Waals surface area (Å²) in [6, 6.07) is 4.47. The van der Waals surface area contributed by atoms with Gasteiger partial charge < -0.3 is 10.5 Å². The summed E-state index contributed by atoms with van der Waals surface area (Å²) in [5.41, 5.74) is 6.71. The van der Waals surface area contributed by atoms with Crippen LogP contribution >= 0.6 is 0 Å². The number of non-ortho nitro benzene ring substituents is 1. The molecule has 5 nitrogen and oxygen atoms in total. The SMILES string of the molecule is NC1CCOc2cc([N+](=O)[O-])ccc21. The van der Waals surface area contributed by atoms with Gasteiger partial charge >= 0.3 is 0 Å². The third-order valence-corrected chi connectivity index (χ3v) is 2.29. The number of nitrogens with zero attached hydrogens (tertiary/aromatic N) is 1. The monoisotopic (exact) mass is 194 g/mol. The molecule has 14 heavy (non-hydrogen) atoms. The summed E-state index contributed by atoms with van der Waals surface area (Å²) >= 11 is 0. The molecular formula is C9H10N2O3.